The van der Waals surface area contributed by atoms with Crippen molar-refractivity contribution in [1.82, 2.24) is 4.90 Å². The minimum absolute atomic E-state index is 0. The molecule has 1 heterocycles. The number of benzene rings is 1. The first-order chi connectivity index (χ1) is 16.7. The molecule has 0 amide bonds. The fourth-order valence-electron chi connectivity index (χ4n) is 8.34. The van der Waals surface area contributed by atoms with Gasteiger partial charge in [-0.25, -0.2) is 0 Å². The van der Waals surface area contributed by atoms with Gasteiger partial charge >= 0.3 is 37.9 Å². The van der Waals surface area contributed by atoms with Gasteiger partial charge in [-0.3, -0.25) is 4.90 Å². The van der Waals surface area contributed by atoms with E-state index in [0.717, 1.165) is 54.0 Å². The van der Waals surface area contributed by atoms with Gasteiger partial charge in [0, 0.05) is 24.2 Å². The standard InChI is InChI=1S/C24H35NO.C5H10.2CH3.2ClH.Zr/c1-16-11-12-22-20(13-16)21-14-17-7-3-5-9-19(17)24(21)25(22)15-18-8-4-6-10-23(18)26-2;1-2-4-5-3-1;;;;;/h4,6,8,10,16-17,19-22,24H,3,5,7,9,11-15H2,1-2H3;1-5H2;2*1H3;2*1H;/q;;2*-1;;;+4/p-2. The number of methoxy groups -OCH3 is 1. The van der Waals surface area contributed by atoms with Crippen molar-refractivity contribution < 1.29 is 25.6 Å². The van der Waals surface area contributed by atoms with Gasteiger partial charge in [0.15, 0.2) is 0 Å². The Morgan fingerprint density at radius 1 is 0.833 bits per heavy atom. The van der Waals surface area contributed by atoms with Gasteiger partial charge in [0.25, 0.3) is 0 Å². The molecule has 7 unspecified atom stereocenters. The first-order valence-electron chi connectivity index (χ1n) is 14.0. The van der Waals surface area contributed by atoms with Crippen molar-refractivity contribution in [2.24, 2.45) is 29.6 Å². The molecular weight excluding hydrogens is 564 g/mol. The average molecular weight is 616 g/mol. The predicted molar refractivity (Wildman–Crippen MR) is 154 cm³/mol. The maximum atomic E-state index is 5.70. The Kier molecular flexibility index (Phi) is 15.0. The van der Waals surface area contributed by atoms with Gasteiger partial charge in [-0.2, -0.15) is 0 Å². The van der Waals surface area contributed by atoms with Crippen LogP contribution in [0.4, 0.5) is 0 Å². The Labute approximate surface area is 242 Å². The number of para-hydroxylation sites is 1. The van der Waals surface area contributed by atoms with E-state index in [1.807, 2.05) is 7.11 Å². The van der Waals surface area contributed by atoms with Crippen LogP contribution in [0.15, 0.2) is 24.3 Å². The van der Waals surface area contributed by atoms with E-state index >= 15 is 0 Å². The Morgan fingerprint density at radius 2 is 1.47 bits per heavy atom. The minimum atomic E-state index is -0.826. The second-order valence-electron chi connectivity index (χ2n) is 11.6. The molecule has 204 valence electrons. The number of ether oxygens (including phenoxy) is 1. The second-order valence-corrected chi connectivity index (χ2v) is 15.3. The monoisotopic (exact) mass is 613 g/mol. The van der Waals surface area contributed by atoms with Crippen LogP contribution in [0.25, 0.3) is 0 Å². The molecule has 0 spiro atoms. The van der Waals surface area contributed by atoms with Crippen molar-refractivity contribution in [3.8, 4) is 5.75 Å². The number of rotatable bonds is 3. The van der Waals surface area contributed by atoms with Gasteiger partial charge in [-0.1, -0.05) is 76.5 Å². The number of hydrogen-bond acceptors (Lipinski definition) is 2. The number of halogens is 2. The molecule has 1 saturated heterocycles. The van der Waals surface area contributed by atoms with Crippen molar-refractivity contribution in [3.05, 3.63) is 44.7 Å². The number of hydrogen-bond donors (Lipinski definition) is 0. The predicted octanol–water partition coefficient (Wildman–Crippen LogP) is 9.74. The van der Waals surface area contributed by atoms with Gasteiger partial charge in [0.2, 0.25) is 0 Å². The maximum absolute atomic E-state index is 5.70. The second kappa shape index (κ2) is 16.5. The van der Waals surface area contributed by atoms with Crippen LogP contribution in [0.3, 0.4) is 0 Å². The summed E-state index contributed by atoms with van der Waals surface area (Å²) in [5.74, 6) is 5.96. The van der Waals surface area contributed by atoms with E-state index in [1.165, 1.54) is 89.0 Å². The summed E-state index contributed by atoms with van der Waals surface area (Å²) in [6, 6.07) is 10.4. The molecule has 36 heavy (non-hydrogen) atoms. The molecule has 0 N–H and O–H groups in total. The summed E-state index contributed by atoms with van der Waals surface area (Å²) in [6.45, 7) is 3.60. The first kappa shape index (κ1) is 32.7. The fourth-order valence-corrected chi connectivity index (χ4v) is 8.34. The zero-order valence-electron chi connectivity index (χ0n) is 23.4. The zero-order chi connectivity index (χ0) is 23.9. The molecule has 1 aromatic carbocycles. The SMILES string of the molecule is C1CCCC1.COc1ccccc1CN1C2CCC(C)CC2C2CC3CCCCC3C21.[CH3-].[CH3-].[Cl][Zr+2][Cl]. The number of nitrogens with zero attached hydrogens (tertiary/aromatic N) is 1. The molecule has 5 heteroatoms. The van der Waals surface area contributed by atoms with Crippen LogP contribution in [0.1, 0.15) is 96.0 Å². The van der Waals surface area contributed by atoms with Crippen LogP contribution in [0, 0.1) is 44.4 Å². The van der Waals surface area contributed by atoms with E-state index in [4.69, 9.17) is 21.8 Å². The summed E-state index contributed by atoms with van der Waals surface area (Å²) in [5, 5.41) is 0. The van der Waals surface area contributed by atoms with Crippen molar-refractivity contribution in [3.63, 3.8) is 0 Å². The normalized spacial score (nSPS) is 34.1. The summed E-state index contributed by atoms with van der Waals surface area (Å²) < 4.78 is 5.70. The summed E-state index contributed by atoms with van der Waals surface area (Å²) in [6.07, 6.45) is 19.3. The fraction of sp³-hybridized carbons (Fsp3) is 0.742. The van der Waals surface area contributed by atoms with Crippen molar-refractivity contribution in [1.29, 1.82) is 0 Å². The molecule has 7 atom stereocenters. The van der Waals surface area contributed by atoms with Crippen LogP contribution in [-0.2, 0) is 27.4 Å². The van der Waals surface area contributed by atoms with Crippen LogP contribution < -0.4 is 4.74 Å². The molecular formula is C31H51Cl2NOZr. The van der Waals surface area contributed by atoms with E-state index < -0.39 is 20.8 Å². The molecule has 5 fully saturated rings. The van der Waals surface area contributed by atoms with Crippen molar-refractivity contribution in [2.45, 2.75) is 109 Å². The molecule has 0 bridgehead atoms. The molecule has 6 rings (SSSR count). The Morgan fingerprint density at radius 3 is 2.14 bits per heavy atom. The van der Waals surface area contributed by atoms with Crippen molar-refractivity contribution >= 4 is 17.0 Å². The molecule has 4 saturated carbocycles. The third kappa shape index (κ3) is 7.76. The molecule has 4 aliphatic carbocycles. The number of likely N-dealkylation sites (tertiary alicyclic amines) is 1. The van der Waals surface area contributed by atoms with Gasteiger partial charge in [-0.15, -0.1) is 0 Å². The van der Waals surface area contributed by atoms with Gasteiger partial charge in [0.05, 0.1) is 7.11 Å². The van der Waals surface area contributed by atoms with Crippen molar-refractivity contribution in [2.75, 3.05) is 7.11 Å². The topological polar surface area (TPSA) is 12.5 Å². The zero-order valence-corrected chi connectivity index (χ0v) is 27.3. The van der Waals surface area contributed by atoms with Crippen LogP contribution >= 0.6 is 17.0 Å². The average Bonchev–Trinajstić information content (AvgIpc) is 3.60. The Hall–Kier alpha value is 0.443. The molecule has 1 aromatic rings. The van der Waals surface area contributed by atoms with Gasteiger partial charge < -0.3 is 19.6 Å². The first-order valence-corrected chi connectivity index (χ1v) is 20.3. The molecule has 0 aromatic heterocycles. The third-order valence-corrected chi connectivity index (χ3v) is 9.70. The summed E-state index contributed by atoms with van der Waals surface area (Å²) >= 11 is -0.826. The summed E-state index contributed by atoms with van der Waals surface area (Å²) in [7, 11) is 11.7. The Bertz CT molecular complexity index is 737. The Balaban J connectivity index is 0.000000397. The van der Waals surface area contributed by atoms with E-state index in [-0.39, 0.29) is 14.9 Å². The molecule has 0 radical (unpaired) electrons. The van der Waals surface area contributed by atoms with E-state index in [0.29, 0.717) is 0 Å². The van der Waals surface area contributed by atoms with Gasteiger partial charge in [-0.05, 0) is 67.8 Å². The van der Waals surface area contributed by atoms with E-state index in [1.54, 1.807) is 0 Å². The van der Waals surface area contributed by atoms with E-state index in [2.05, 4.69) is 36.1 Å². The summed E-state index contributed by atoms with van der Waals surface area (Å²) in [4.78, 5) is 2.98. The van der Waals surface area contributed by atoms with Gasteiger partial charge in [0.1, 0.15) is 5.75 Å². The van der Waals surface area contributed by atoms with E-state index in [9.17, 15) is 0 Å². The van der Waals surface area contributed by atoms with Crippen LogP contribution in [0.5, 0.6) is 5.75 Å². The molecule has 5 aliphatic rings. The summed E-state index contributed by atoms with van der Waals surface area (Å²) in [5.41, 5.74) is 1.40. The van der Waals surface area contributed by atoms with Crippen LogP contribution in [-0.4, -0.2) is 24.1 Å². The molecule has 1 aliphatic heterocycles. The van der Waals surface area contributed by atoms with Crippen LogP contribution in [0.2, 0.25) is 0 Å². The molecule has 2 nitrogen and oxygen atoms in total. The quantitative estimate of drug-likeness (QED) is 0.314. The number of fused-ring (bicyclic) bond motifs is 5. The third-order valence-electron chi connectivity index (χ3n) is 9.70.